The van der Waals surface area contributed by atoms with E-state index >= 15 is 0 Å². The second kappa shape index (κ2) is 6.24. The fraction of sp³-hybridized carbons (Fsp3) is 0.923. The van der Waals surface area contributed by atoms with Gasteiger partial charge in [-0.3, -0.25) is 4.79 Å². The molecule has 0 aromatic rings. The average Bonchev–Trinajstić information content (AvgIpc) is 2.96. The molecule has 0 spiro atoms. The second-order valence-corrected chi connectivity index (χ2v) is 5.29. The highest BCUT2D eigenvalue weighted by Crippen LogP contribution is 2.23. The van der Waals surface area contributed by atoms with Crippen molar-refractivity contribution in [2.24, 2.45) is 5.92 Å². The largest absolute Gasteiger partial charge is 0.356 e. The van der Waals surface area contributed by atoms with Crippen molar-refractivity contribution in [3.8, 4) is 0 Å². The number of rotatable bonds is 5. The SMILES string of the molecule is O=C(CCC1CCCN1)NCC1CCCC1. The van der Waals surface area contributed by atoms with Crippen LogP contribution in [0.4, 0.5) is 0 Å². The first-order chi connectivity index (χ1) is 7.84. The minimum Gasteiger partial charge on any atom is -0.356 e. The van der Waals surface area contributed by atoms with Crippen LogP contribution in [0.25, 0.3) is 0 Å². The van der Waals surface area contributed by atoms with Crippen LogP contribution in [0.3, 0.4) is 0 Å². The van der Waals surface area contributed by atoms with Crippen molar-refractivity contribution < 1.29 is 4.79 Å². The monoisotopic (exact) mass is 224 g/mol. The maximum atomic E-state index is 11.6. The van der Waals surface area contributed by atoms with Crippen LogP contribution in [-0.4, -0.2) is 25.0 Å². The summed E-state index contributed by atoms with van der Waals surface area (Å²) in [5.41, 5.74) is 0. The van der Waals surface area contributed by atoms with Gasteiger partial charge < -0.3 is 10.6 Å². The molecule has 92 valence electrons. The van der Waals surface area contributed by atoms with Crippen molar-refractivity contribution >= 4 is 5.91 Å². The van der Waals surface area contributed by atoms with Gasteiger partial charge in [-0.25, -0.2) is 0 Å². The summed E-state index contributed by atoms with van der Waals surface area (Å²) in [6, 6.07) is 0.595. The Morgan fingerprint density at radius 2 is 2.00 bits per heavy atom. The van der Waals surface area contributed by atoms with Crippen molar-refractivity contribution in [1.29, 1.82) is 0 Å². The minimum atomic E-state index is 0.251. The zero-order chi connectivity index (χ0) is 11.2. The molecule has 0 aromatic carbocycles. The number of amides is 1. The number of nitrogens with one attached hydrogen (secondary N) is 2. The normalized spacial score (nSPS) is 26.1. The van der Waals surface area contributed by atoms with Gasteiger partial charge in [0.2, 0.25) is 5.91 Å². The Morgan fingerprint density at radius 3 is 2.69 bits per heavy atom. The molecule has 3 heteroatoms. The molecule has 3 nitrogen and oxygen atoms in total. The quantitative estimate of drug-likeness (QED) is 0.748. The first-order valence-electron chi connectivity index (χ1n) is 6.84. The van der Waals surface area contributed by atoms with E-state index in [4.69, 9.17) is 0 Å². The highest BCUT2D eigenvalue weighted by Gasteiger charge is 2.17. The van der Waals surface area contributed by atoms with Gasteiger partial charge in [0.25, 0.3) is 0 Å². The van der Waals surface area contributed by atoms with E-state index in [1.807, 2.05) is 0 Å². The predicted molar refractivity (Wildman–Crippen MR) is 65.2 cm³/mol. The van der Waals surface area contributed by atoms with Gasteiger partial charge in [-0.1, -0.05) is 12.8 Å². The summed E-state index contributed by atoms with van der Waals surface area (Å²) < 4.78 is 0. The zero-order valence-electron chi connectivity index (χ0n) is 10.1. The lowest BCUT2D eigenvalue weighted by atomic mass is 10.1. The van der Waals surface area contributed by atoms with Crippen LogP contribution in [-0.2, 0) is 4.79 Å². The Balaban J connectivity index is 1.53. The van der Waals surface area contributed by atoms with Gasteiger partial charge in [-0.05, 0) is 44.6 Å². The van der Waals surface area contributed by atoms with E-state index in [9.17, 15) is 4.79 Å². The molecule has 0 radical (unpaired) electrons. The van der Waals surface area contributed by atoms with Gasteiger partial charge in [0.05, 0.1) is 0 Å². The molecule has 2 rings (SSSR count). The highest BCUT2D eigenvalue weighted by molar-refractivity contribution is 5.75. The molecule has 2 fully saturated rings. The summed E-state index contributed by atoms with van der Waals surface area (Å²) in [6.07, 6.45) is 9.55. The van der Waals surface area contributed by atoms with Gasteiger partial charge >= 0.3 is 0 Å². The minimum absolute atomic E-state index is 0.251. The van der Waals surface area contributed by atoms with Gasteiger partial charge in [-0.2, -0.15) is 0 Å². The first-order valence-corrected chi connectivity index (χ1v) is 6.84. The van der Waals surface area contributed by atoms with Crippen LogP contribution in [0.1, 0.15) is 51.4 Å². The lowest BCUT2D eigenvalue weighted by Crippen LogP contribution is -2.30. The maximum absolute atomic E-state index is 11.6. The Labute approximate surface area is 98.4 Å². The molecule has 0 bridgehead atoms. The lowest BCUT2D eigenvalue weighted by molar-refractivity contribution is -0.121. The standard InChI is InChI=1S/C13H24N2O/c16-13(8-7-12-6-3-9-14-12)15-10-11-4-1-2-5-11/h11-12,14H,1-10H2,(H,15,16). The third-order valence-corrected chi connectivity index (χ3v) is 3.94. The Bertz CT molecular complexity index is 196. The summed E-state index contributed by atoms with van der Waals surface area (Å²) in [7, 11) is 0. The summed E-state index contributed by atoms with van der Waals surface area (Å²) in [6.45, 7) is 2.05. The molecule has 1 atom stereocenters. The Kier molecular flexibility index (Phi) is 4.64. The van der Waals surface area contributed by atoms with Gasteiger partial charge in [0.1, 0.15) is 0 Å². The van der Waals surface area contributed by atoms with Crippen LogP contribution < -0.4 is 10.6 Å². The van der Waals surface area contributed by atoms with Crippen molar-refractivity contribution in [1.82, 2.24) is 10.6 Å². The molecular weight excluding hydrogens is 200 g/mol. The molecule has 1 saturated heterocycles. The summed E-state index contributed by atoms with van der Waals surface area (Å²) in [5, 5.41) is 6.51. The molecule has 16 heavy (non-hydrogen) atoms. The van der Waals surface area contributed by atoms with Crippen molar-refractivity contribution in [2.45, 2.75) is 57.4 Å². The third kappa shape index (κ3) is 3.78. The topological polar surface area (TPSA) is 41.1 Å². The molecule has 1 heterocycles. The van der Waals surface area contributed by atoms with E-state index in [2.05, 4.69) is 10.6 Å². The van der Waals surface area contributed by atoms with Crippen LogP contribution in [0, 0.1) is 5.92 Å². The van der Waals surface area contributed by atoms with Crippen LogP contribution >= 0.6 is 0 Å². The lowest BCUT2D eigenvalue weighted by Gasteiger charge is -2.12. The summed E-state index contributed by atoms with van der Waals surface area (Å²) in [4.78, 5) is 11.6. The molecule has 2 aliphatic rings. The molecule has 1 unspecified atom stereocenters. The molecule has 1 amide bonds. The zero-order valence-corrected chi connectivity index (χ0v) is 10.1. The van der Waals surface area contributed by atoms with Gasteiger partial charge in [0, 0.05) is 19.0 Å². The van der Waals surface area contributed by atoms with Crippen LogP contribution in [0.15, 0.2) is 0 Å². The molecule has 2 N–H and O–H groups in total. The van der Waals surface area contributed by atoms with E-state index in [0.29, 0.717) is 12.5 Å². The summed E-state index contributed by atoms with van der Waals surface area (Å²) >= 11 is 0. The van der Waals surface area contributed by atoms with Crippen molar-refractivity contribution in [3.05, 3.63) is 0 Å². The average molecular weight is 224 g/mol. The van der Waals surface area contributed by atoms with Crippen LogP contribution in [0.5, 0.6) is 0 Å². The van der Waals surface area contributed by atoms with E-state index in [1.165, 1.54) is 38.5 Å². The van der Waals surface area contributed by atoms with E-state index < -0.39 is 0 Å². The van der Waals surface area contributed by atoms with E-state index in [-0.39, 0.29) is 5.91 Å². The first kappa shape index (κ1) is 11.9. The van der Waals surface area contributed by atoms with Gasteiger partial charge in [-0.15, -0.1) is 0 Å². The number of hydrogen-bond donors (Lipinski definition) is 2. The molecule has 1 aliphatic carbocycles. The number of carbonyl (C=O) groups excluding carboxylic acids is 1. The number of hydrogen-bond acceptors (Lipinski definition) is 2. The van der Waals surface area contributed by atoms with E-state index in [0.717, 1.165) is 25.4 Å². The molecule has 0 aromatic heterocycles. The fourth-order valence-electron chi connectivity index (χ4n) is 2.87. The van der Waals surface area contributed by atoms with Gasteiger partial charge in [0.15, 0.2) is 0 Å². The van der Waals surface area contributed by atoms with Crippen molar-refractivity contribution in [3.63, 3.8) is 0 Å². The third-order valence-electron chi connectivity index (χ3n) is 3.94. The number of carbonyl (C=O) groups is 1. The Hall–Kier alpha value is -0.570. The summed E-state index contributed by atoms with van der Waals surface area (Å²) in [5.74, 6) is 1.01. The molecule has 1 aliphatic heterocycles. The predicted octanol–water partition coefficient (Wildman–Crippen LogP) is 1.82. The maximum Gasteiger partial charge on any atom is 0.220 e. The van der Waals surface area contributed by atoms with Crippen LogP contribution in [0.2, 0.25) is 0 Å². The highest BCUT2D eigenvalue weighted by atomic mass is 16.1. The Morgan fingerprint density at radius 1 is 1.19 bits per heavy atom. The second-order valence-electron chi connectivity index (χ2n) is 5.29. The van der Waals surface area contributed by atoms with Crippen molar-refractivity contribution in [2.75, 3.05) is 13.1 Å². The molecular formula is C13H24N2O. The smallest absolute Gasteiger partial charge is 0.220 e. The fourth-order valence-corrected chi connectivity index (χ4v) is 2.87. The van der Waals surface area contributed by atoms with E-state index in [1.54, 1.807) is 0 Å². The molecule has 1 saturated carbocycles.